The summed E-state index contributed by atoms with van der Waals surface area (Å²) in [6.45, 7) is 8.43. The average molecular weight is 306 g/mol. The van der Waals surface area contributed by atoms with Crippen molar-refractivity contribution in [1.82, 2.24) is 4.57 Å². The smallest absolute Gasteiger partial charge is 0.0489 e. The Balaban J connectivity index is 2.15. The molecule has 3 aromatic rings. The Morgan fingerprint density at radius 2 is 1.87 bits per heavy atom. The van der Waals surface area contributed by atoms with Crippen LogP contribution >= 0.6 is 0 Å². The summed E-state index contributed by atoms with van der Waals surface area (Å²) in [6.07, 6.45) is 3.23. The molecule has 0 unspecified atom stereocenters. The predicted molar refractivity (Wildman–Crippen MR) is 99.7 cm³/mol. The summed E-state index contributed by atoms with van der Waals surface area (Å²) in [5.74, 6) is 0.624. The van der Waals surface area contributed by atoms with Gasteiger partial charge >= 0.3 is 0 Å². The lowest BCUT2D eigenvalue weighted by Gasteiger charge is -2.10. The number of hydrogen-bond donors (Lipinski definition) is 1. The van der Waals surface area contributed by atoms with Crippen molar-refractivity contribution in [2.45, 2.75) is 33.7 Å². The van der Waals surface area contributed by atoms with E-state index in [2.05, 4.69) is 74.0 Å². The van der Waals surface area contributed by atoms with Crippen LogP contribution in [0.25, 0.3) is 22.0 Å². The fourth-order valence-corrected chi connectivity index (χ4v) is 3.33. The molecule has 0 saturated carbocycles. The molecule has 3 rings (SSSR count). The molecule has 0 bridgehead atoms. The van der Waals surface area contributed by atoms with Crippen molar-refractivity contribution in [3.05, 3.63) is 59.8 Å². The normalized spacial score (nSPS) is 11.5. The minimum Gasteiger partial charge on any atom is -0.347 e. The van der Waals surface area contributed by atoms with E-state index in [4.69, 9.17) is 5.73 Å². The third kappa shape index (κ3) is 3.18. The molecule has 2 aromatic carbocycles. The zero-order valence-corrected chi connectivity index (χ0v) is 14.3. The fraction of sp³-hybridized carbons (Fsp3) is 0.333. The molecule has 2 N–H and O–H groups in total. The maximum atomic E-state index is 5.79. The van der Waals surface area contributed by atoms with Crippen LogP contribution in [0, 0.1) is 12.8 Å². The van der Waals surface area contributed by atoms with Gasteiger partial charge in [-0.25, -0.2) is 0 Å². The number of nitrogens with zero attached hydrogens (tertiary/aromatic N) is 1. The Labute approximate surface area is 138 Å². The van der Waals surface area contributed by atoms with Crippen molar-refractivity contribution in [3.63, 3.8) is 0 Å². The predicted octanol–water partition coefficient (Wildman–Crippen LogP) is 4.77. The first kappa shape index (κ1) is 15.8. The van der Waals surface area contributed by atoms with E-state index in [0.29, 0.717) is 12.5 Å². The lowest BCUT2D eigenvalue weighted by molar-refractivity contribution is 0.534. The molecule has 0 aliphatic rings. The largest absolute Gasteiger partial charge is 0.347 e. The second kappa shape index (κ2) is 6.59. The van der Waals surface area contributed by atoms with Gasteiger partial charge in [0, 0.05) is 23.6 Å². The van der Waals surface area contributed by atoms with Crippen LogP contribution in [0.3, 0.4) is 0 Å². The van der Waals surface area contributed by atoms with E-state index in [1.54, 1.807) is 0 Å². The van der Waals surface area contributed by atoms with Crippen LogP contribution in [-0.4, -0.2) is 11.1 Å². The van der Waals surface area contributed by atoms with Crippen LogP contribution in [0.5, 0.6) is 0 Å². The third-order valence-corrected chi connectivity index (χ3v) is 4.40. The Kier molecular flexibility index (Phi) is 4.53. The zero-order chi connectivity index (χ0) is 16.4. The first-order valence-electron chi connectivity index (χ1n) is 8.48. The van der Waals surface area contributed by atoms with Crippen molar-refractivity contribution < 1.29 is 0 Å². The van der Waals surface area contributed by atoms with E-state index < -0.39 is 0 Å². The first-order chi connectivity index (χ1) is 11.1. The molecule has 1 heterocycles. The van der Waals surface area contributed by atoms with Crippen LogP contribution in [0.4, 0.5) is 0 Å². The summed E-state index contributed by atoms with van der Waals surface area (Å²) in [4.78, 5) is 0. The first-order valence-corrected chi connectivity index (χ1v) is 8.48. The van der Waals surface area contributed by atoms with Crippen molar-refractivity contribution >= 4 is 10.9 Å². The highest BCUT2D eigenvalue weighted by molar-refractivity contribution is 5.88. The van der Waals surface area contributed by atoms with Gasteiger partial charge in [-0.2, -0.15) is 0 Å². The topological polar surface area (TPSA) is 30.9 Å². The molecule has 0 saturated heterocycles. The Bertz CT molecular complexity index is 812. The maximum absolute atomic E-state index is 5.79. The van der Waals surface area contributed by atoms with Crippen LogP contribution in [0.2, 0.25) is 0 Å². The fourth-order valence-electron chi connectivity index (χ4n) is 3.33. The van der Waals surface area contributed by atoms with E-state index in [-0.39, 0.29) is 0 Å². The van der Waals surface area contributed by atoms with Gasteiger partial charge in [0.1, 0.15) is 0 Å². The number of fused-ring (bicyclic) bond motifs is 1. The van der Waals surface area contributed by atoms with E-state index in [0.717, 1.165) is 13.0 Å². The maximum Gasteiger partial charge on any atom is 0.0489 e. The minimum atomic E-state index is 0.624. The summed E-state index contributed by atoms with van der Waals surface area (Å²) in [7, 11) is 0. The van der Waals surface area contributed by atoms with Crippen molar-refractivity contribution in [2.24, 2.45) is 11.7 Å². The Morgan fingerprint density at radius 1 is 1.09 bits per heavy atom. The molecule has 0 spiro atoms. The SMILES string of the molecule is Cc1ccccc1-c1ccc2c(CCN)cn(CC(C)C)c2c1. The summed E-state index contributed by atoms with van der Waals surface area (Å²) in [5.41, 5.74) is 12.4. The minimum absolute atomic E-state index is 0.624. The number of aryl methyl sites for hydroxylation is 1. The van der Waals surface area contributed by atoms with Gasteiger partial charge in [0.25, 0.3) is 0 Å². The monoisotopic (exact) mass is 306 g/mol. The number of benzene rings is 2. The van der Waals surface area contributed by atoms with Crippen molar-refractivity contribution in [2.75, 3.05) is 6.54 Å². The number of nitrogens with two attached hydrogens (primary N) is 1. The van der Waals surface area contributed by atoms with Gasteiger partial charge in [0.2, 0.25) is 0 Å². The molecule has 1 aromatic heterocycles. The van der Waals surface area contributed by atoms with Crippen molar-refractivity contribution in [1.29, 1.82) is 0 Å². The molecule has 0 atom stereocenters. The van der Waals surface area contributed by atoms with Gasteiger partial charge < -0.3 is 10.3 Å². The highest BCUT2D eigenvalue weighted by Crippen LogP contribution is 2.30. The second-order valence-electron chi connectivity index (χ2n) is 6.79. The highest BCUT2D eigenvalue weighted by Gasteiger charge is 2.11. The quantitative estimate of drug-likeness (QED) is 0.723. The van der Waals surface area contributed by atoms with Gasteiger partial charge in [-0.1, -0.05) is 50.2 Å². The third-order valence-electron chi connectivity index (χ3n) is 4.40. The van der Waals surface area contributed by atoms with Crippen LogP contribution in [0.1, 0.15) is 25.0 Å². The summed E-state index contributed by atoms with van der Waals surface area (Å²) in [5, 5.41) is 1.34. The van der Waals surface area contributed by atoms with Crippen LogP contribution < -0.4 is 5.73 Å². The van der Waals surface area contributed by atoms with E-state index in [9.17, 15) is 0 Å². The molecular weight excluding hydrogens is 280 g/mol. The summed E-state index contributed by atoms with van der Waals surface area (Å²) in [6, 6.07) is 15.4. The summed E-state index contributed by atoms with van der Waals surface area (Å²) >= 11 is 0. The van der Waals surface area contributed by atoms with Gasteiger partial charge in [0.15, 0.2) is 0 Å². The molecule has 0 aliphatic heterocycles. The standard InChI is InChI=1S/C21H26N2/c1-15(2)13-23-14-18(10-11-22)20-9-8-17(12-21(20)23)19-7-5-4-6-16(19)3/h4-9,12,14-15H,10-11,13,22H2,1-3H3. The molecule has 0 radical (unpaired) electrons. The number of rotatable bonds is 5. The molecule has 120 valence electrons. The van der Waals surface area contributed by atoms with Gasteiger partial charge in [-0.3, -0.25) is 0 Å². The molecule has 0 amide bonds. The Morgan fingerprint density at radius 3 is 2.57 bits per heavy atom. The second-order valence-corrected chi connectivity index (χ2v) is 6.79. The molecular formula is C21H26N2. The highest BCUT2D eigenvalue weighted by atomic mass is 15.0. The molecule has 23 heavy (non-hydrogen) atoms. The molecule has 0 aliphatic carbocycles. The van der Waals surface area contributed by atoms with Gasteiger partial charge in [0.05, 0.1) is 0 Å². The summed E-state index contributed by atoms with van der Waals surface area (Å²) < 4.78 is 2.40. The zero-order valence-electron chi connectivity index (χ0n) is 14.3. The molecule has 0 fully saturated rings. The lowest BCUT2D eigenvalue weighted by Crippen LogP contribution is -2.04. The van der Waals surface area contributed by atoms with Crippen molar-refractivity contribution in [3.8, 4) is 11.1 Å². The van der Waals surface area contributed by atoms with Gasteiger partial charge in [-0.15, -0.1) is 0 Å². The van der Waals surface area contributed by atoms with E-state index in [1.807, 2.05) is 0 Å². The lowest BCUT2D eigenvalue weighted by atomic mass is 9.99. The average Bonchev–Trinajstić information content (AvgIpc) is 2.85. The van der Waals surface area contributed by atoms with Gasteiger partial charge in [-0.05, 0) is 54.1 Å². The molecule has 2 heteroatoms. The Hall–Kier alpha value is -2.06. The van der Waals surface area contributed by atoms with Crippen LogP contribution in [0.15, 0.2) is 48.7 Å². The van der Waals surface area contributed by atoms with E-state index in [1.165, 1.54) is 33.2 Å². The van der Waals surface area contributed by atoms with Crippen LogP contribution in [-0.2, 0) is 13.0 Å². The number of hydrogen-bond acceptors (Lipinski definition) is 1. The molecule has 2 nitrogen and oxygen atoms in total. The number of aromatic nitrogens is 1. The van der Waals surface area contributed by atoms with E-state index >= 15 is 0 Å².